The zero-order valence-corrected chi connectivity index (χ0v) is 8.65. The van der Waals surface area contributed by atoms with E-state index in [4.69, 9.17) is 0 Å². The first-order valence-electron chi connectivity index (χ1n) is 4.12. The van der Waals surface area contributed by atoms with E-state index in [2.05, 4.69) is 15.0 Å². The monoisotopic (exact) mass is 225 g/mol. The Labute approximate surface area is 85.3 Å². The van der Waals surface area contributed by atoms with Gasteiger partial charge in [0.15, 0.2) is 5.49 Å². The molecule has 0 aliphatic carbocycles. The van der Waals surface area contributed by atoms with Gasteiger partial charge in [0.2, 0.25) is 15.0 Å². The molecule has 0 bridgehead atoms. The Balaban J connectivity index is 2.77. The van der Waals surface area contributed by atoms with Crippen LogP contribution in [0, 0.1) is 0 Å². The van der Waals surface area contributed by atoms with E-state index in [-0.39, 0.29) is 23.0 Å². The summed E-state index contributed by atoms with van der Waals surface area (Å²) in [5.74, 6) is -0.333. The van der Waals surface area contributed by atoms with Gasteiger partial charge in [0.25, 0.3) is 5.91 Å². The van der Waals surface area contributed by atoms with E-state index in [1.54, 1.807) is 6.08 Å². The third-order valence-corrected chi connectivity index (χ3v) is 2.69. The SMILES string of the molecule is CS(=O)(=O)c1ncc2c(n1)=NC(=O)CC=2. The van der Waals surface area contributed by atoms with Crippen molar-refractivity contribution in [3.8, 4) is 0 Å². The van der Waals surface area contributed by atoms with Crippen molar-refractivity contribution in [3.05, 3.63) is 16.9 Å². The first kappa shape index (κ1) is 9.91. The molecule has 2 heterocycles. The average Bonchev–Trinajstić information content (AvgIpc) is 2.15. The molecule has 0 spiro atoms. The number of sulfone groups is 1. The van der Waals surface area contributed by atoms with Gasteiger partial charge >= 0.3 is 0 Å². The standard InChI is InChI=1S/C8H7N3O3S/c1-15(13,14)8-9-4-5-2-3-6(12)10-7(5)11-8/h2,4H,3H2,1H3. The van der Waals surface area contributed by atoms with Crippen molar-refractivity contribution < 1.29 is 13.2 Å². The third-order valence-electron chi connectivity index (χ3n) is 1.83. The molecule has 0 aromatic carbocycles. The third kappa shape index (κ3) is 1.91. The maximum Gasteiger partial charge on any atom is 0.251 e. The Morgan fingerprint density at radius 3 is 2.80 bits per heavy atom. The molecule has 0 saturated carbocycles. The first-order valence-corrected chi connectivity index (χ1v) is 6.01. The fourth-order valence-electron chi connectivity index (χ4n) is 1.14. The minimum absolute atomic E-state index is 0.127. The van der Waals surface area contributed by atoms with E-state index in [0.29, 0.717) is 5.22 Å². The molecule has 1 amide bonds. The van der Waals surface area contributed by atoms with E-state index >= 15 is 0 Å². The quantitative estimate of drug-likeness (QED) is 0.527. The van der Waals surface area contributed by atoms with Crippen LogP contribution in [0.2, 0.25) is 0 Å². The van der Waals surface area contributed by atoms with Gasteiger partial charge in [-0.3, -0.25) is 4.79 Å². The second-order valence-corrected chi connectivity index (χ2v) is 5.03. The lowest BCUT2D eigenvalue weighted by Crippen LogP contribution is -2.35. The maximum atomic E-state index is 11.1. The Morgan fingerprint density at radius 1 is 1.40 bits per heavy atom. The Hall–Kier alpha value is -1.63. The molecule has 0 unspecified atom stereocenters. The van der Waals surface area contributed by atoms with Crippen molar-refractivity contribution in [3.63, 3.8) is 0 Å². The van der Waals surface area contributed by atoms with E-state index in [1.165, 1.54) is 6.20 Å². The van der Waals surface area contributed by atoms with Crippen molar-refractivity contribution in [1.82, 2.24) is 9.97 Å². The van der Waals surface area contributed by atoms with Crippen LogP contribution in [0.1, 0.15) is 6.42 Å². The van der Waals surface area contributed by atoms with Crippen LogP contribution in [0.3, 0.4) is 0 Å². The number of carbonyl (C=O) groups excluding carboxylic acids is 1. The molecular formula is C8H7N3O3S. The predicted octanol–water partition coefficient (Wildman–Crippen LogP) is -1.79. The number of carbonyl (C=O) groups is 1. The molecule has 78 valence electrons. The number of hydrogen-bond donors (Lipinski definition) is 0. The normalized spacial score (nSPS) is 15.1. The first-order chi connectivity index (χ1) is 6.97. The van der Waals surface area contributed by atoms with Gasteiger partial charge in [-0.2, -0.15) is 9.98 Å². The Morgan fingerprint density at radius 2 is 2.13 bits per heavy atom. The summed E-state index contributed by atoms with van der Waals surface area (Å²) in [5, 5.41) is 0.273. The lowest BCUT2D eigenvalue weighted by atomic mass is 10.3. The molecule has 6 nitrogen and oxygen atoms in total. The molecule has 0 atom stereocenters. The van der Waals surface area contributed by atoms with Crippen LogP contribution >= 0.6 is 0 Å². The Kier molecular flexibility index (Phi) is 2.11. The fraction of sp³-hybridized carbons (Fsp3) is 0.250. The van der Waals surface area contributed by atoms with Crippen molar-refractivity contribution in [2.45, 2.75) is 11.6 Å². The van der Waals surface area contributed by atoms with Gasteiger partial charge in [-0.25, -0.2) is 13.4 Å². The molecule has 15 heavy (non-hydrogen) atoms. The summed E-state index contributed by atoms with van der Waals surface area (Å²) >= 11 is 0. The highest BCUT2D eigenvalue weighted by molar-refractivity contribution is 7.90. The summed E-state index contributed by atoms with van der Waals surface area (Å²) in [6.07, 6.45) is 4.18. The number of hydrogen-bond acceptors (Lipinski definition) is 5. The molecular weight excluding hydrogens is 218 g/mol. The number of nitrogens with zero attached hydrogens (tertiary/aromatic N) is 3. The zero-order chi connectivity index (χ0) is 11.1. The molecule has 7 heteroatoms. The summed E-state index contributed by atoms with van der Waals surface area (Å²) in [6.45, 7) is 0. The number of aromatic nitrogens is 2. The molecule has 0 N–H and O–H groups in total. The van der Waals surface area contributed by atoms with Crippen molar-refractivity contribution in [2.24, 2.45) is 4.99 Å². The lowest BCUT2D eigenvalue weighted by molar-refractivity contribution is -0.117. The number of amides is 1. The van der Waals surface area contributed by atoms with Gasteiger partial charge in [0.1, 0.15) is 0 Å². The van der Waals surface area contributed by atoms with Crippen LogP contribution in [0.5, 0.6) is 0 Å². The van der Waals surface area contributed by atoms with Gasteiger partial charge in [-0.05, 0) is 0 Å². The largest absolute Gasteiger partial charge is 0.272 e. The summed E-state index contributed by atoms with van der Waals surface area (Å²) in [7, 11) is -3.46. The summed E-state index contributed by atoms with van der Waals surface area (Å²) in [6, 6.07) is 0. The summed E-state index contributed by atoms with van der Waals surface area (Å²) in [4.78, 5) is 22.0. The topological polar surface area (TPSA) is 89.3 Å². The molecule has 2 rings (SSSR count). The molecule has 1 aliphatic rings. The highest BCUT2D eigenvalue weighted by Crippen LogP contribution is 1.95. The van der Waals surface area contributed by atoms with Crippen LogP contribution < -0.4 is 10.7 Å². The highest BCUT2D eigenvalue weighted by Gasteiger charge is 2.12. The van der Waals surface area contributed by atoms with Crippen LogP contribution in [-0.2, 0) is 14.6 Å². The summed E-state index contributed by atoms with van der Waals surface area (Å²) < 4.78 is 22.3. The average molecular weight is 225 g/mol. The maximum absolute atomic E-state index is 11.1. The van der Waals surface area contributed by atoms with Gasteiger partial charge in [0, 0.05) is 24.1 Å². The predicted molar refractivity (Wildman–Crippen MR) is 50.0 cm³/mol. The molecule has 0 saturated heterocycles. The minimum atomic E-state index is -3.46. The highest BCUT2D eigenvalue weighted by atomic mass is 32.2. The molecule has 1 aliphatic heterocycles. The van der Waals surface area contributed by atoms with Gasteiger partial charge < -0.3 is 0 Å². The second kappa shape index (κ2) is 3.20. The van der Waals surface area contributed by atoms with E-state index in [1.807, 2.05) is 0 Å². The molecule has 0 radical (unpaired) electrons. The second-order valence-electron chi connectivity index (χ2n) is 3.12. The van der Waals surface area contributed by atoms with Gasteiger partial charge in [-0.15, -0.1) is 0 Å². The number of fused-ring (bicyclic) bond motifs is 1. The Bertz CT molecular complexity index is 648. The van der Waals surface area contributed by atoms with Crippen molar-refractivity contribution in [1.29, 1.82) is 0 Å². The van der Waals surface area contributed by atoms with Crippen molar-refractivity contribution in [2.75, 3.05) is 6.26 Å². The minimum Gasteiger partial charge on any atom is -0.272 e. The zero-order valence-electron chi connectivity index (χ0n) is 7.84. The lowest BCUT2D eigenvalue weighted by Gasteiger charge is -1.99. The van der Waals surface area contributed by atoms with E-state index in [0.717, 1.165) is 6.26 Å². The number of rotatable bonds is 1. The van der Waals surface area contributed by atoms with Crippen LogP contribution in [0.25, 0.3) is 6.08 Å². The molecule has 0 fully saturated rings. The van der Waals surface area contributed by atoms with Crippen molar-refractivity contribution >= 4 is 21.8 Å². The van der Waals surface area contributed by atoms with Crippen LogP contribution in [0.15, 0.2) is 16.3 Å². The van der Waals surface area contributed by atoms with E-state index in [9.17, 15) is 13.2 Å². The molecule has 1 aromatic heterocycles. The van der Waals surface area contributed by atoms with Crippen LogP contribution in [-0.4, -0.2) is 30.5 Å². The van der Waals surface area contributed by atoms with E-state index < -0.39 is 9.84 Å². The smallest absolute Gasteiger partial charge is 0.251 e. The molecule has 1 aromatic rings. The van der Waals surface area contributed by atoms with Gasteiger partial charge in [-0.1, -0.05) is 6.08 Å². The van der Waals surface area contributed by atoms with Crippen LogP contribution in [0.4, 0.5) is 0 Å². The summed E-state index contributed by atoms with van der Waals surface area (Å²) in [5.41, 5.74) is 0.127. The van der Waals surface area contributed by atoms with Gasteiger partial charge in [0.05, 0.1) is 0 Å². The fourth-order valence-corrected chi connectivity index (χ4v) is 1.64.